The third-order valence-corrected chi connectivity index (χ3v) is 5.45. The van der Waals surface area contributed by atoms with Gasteiger partial charge in [-0.25, -0.2) is 9.37 Å². The van der Waals surface area contributed by atoms with E-state index >= 15 is 0 Å². The van der Waals surface area contributed by atoms with Crippen molar-refractivity contribution < 1.29 is 9.13 Å². The number of benzene rings is 2. The van der Waals surface area contributed by atoms with Gasteiger partial charge in [0, 0.05) is 11.5 Å². The van der Waals surface area contributed by atoms with Crippen molar-refractivity contribution in [1.82, 2.24) is 25.3 Å². The van der Waals surface area contributed by atoms with E-state index in [4.69, 9.17) is 9.72 Å². The first-order valence-corrected chi connectivity index (χ1v) is 10.4. The van der Waals surface area contributed by atoms with Crippen LogP contribution in [0.25, 0.3) is 22.6 Å². The highest BCUT2D eigenvalue weighted by molar-refractivity contribution is 5.76. The largest absolute Gasteiger partial charge is 0.424 e. The Bertz CT molecular complexity index is 1150. The van der Waals surface area contributed by atoms with Crippen LogP contribution < -0.4 is 10.1 Å². The van der Waals surface area contributed by atoms with Crippen LogP contribution in [0.3, 0.4) is 0 Å². The zero-order valence-corrected chi connectivity index (χ0v) is 16.9. The van der Waals surface area contributed by atoms with Gasteiger partial charge in [-0.1, -0.05) is 18.2 Å². The maximum Gasteiger partial charge on any atom is 0.322 e. The Morgan fingerprint density at radius 1 is 0.935 bits per heavy atom. The highest BCUT2D eigenvalue weighted by Gasteiger charge is 2.21. The molecule has 4 aromatic rings. The monoisotopic (exact) mass is 415 g/mol. The summed E-state index contributed by atoms with van der Waals surface area (Å²) in [5, 5.41) is 3.39. The highest BCUT2D eigenvalue weighted by atomic mass is 19.1. The fourth-order valence-electron chi connectivity index (χ4n) is 3.85. The fraction of sp³-hybridized carbons (Fsp3) is 0.208. The van der Waals surface area contributed by atoms with E-state index in [0.717, 1.165) is 42.9 Å². The second-order valence-corrected chi connectivity index (χ2v) is 7.53. The van der Waals surface area contributed by atoms with Crippen LogP contribution in [-0.4, -0.2) is 33.0 Å². The number of rotatable bonds is 5. The molecule has 0 bridgehead atoms. The van der Waals surface area contributed by atoms with Gasteiger partial charge in [0.15, 0.2) is 0 Å². The molecule has 0 amide bonds. The molecule has 5 rings (SSSR count). The molecule has 2 aromatic heterocycles. The van der Waals surface area contributed by atoms with Crippen LogP contribution in [0.2, 0.25) is 0 Å². The van der Waals surface area contributed by atoms with Crippen molar-refractivity contribution in [3.05, 3.63) is 78.5 Å². The Morgan fingerprint density at radius 2 is 1.71 bits per heavy atom. The molecular weight excluding hydrogens is 393 g/mol. The molecule has 3 heterocycles. The number of ether oxygens (including phenoxy) is 1. The molecule has 156 valence electrons. The first-order valence-electron chi connectivity index (χ1n) is 10.4. The number of nitrogens with zero attached hydrogens (tertiary/aromatic N) is 3. The number of halogens is 1. The van der Waals surface area contributed by atoms with Crippen molar-refractivity contribution in [2.45, 2.75) is 18.8 Å². The molecule has 0 aliphatic carbocycles. The first-order chi connectivity index (χ1) is 15.3. The predicted molar refractivity (Wildman–Crippen MR) is 116 cm³/mol. The van der Waals surface area contributed by atoms with Crippen LogP contribution in [0.15, 0.2) is 67.0 Å². The summed E-state index contributed by atoms with van der Waals surface area (Å²) >= 11 is 0. The molecule has 6 nitrogen and oxygen atoms in total. The standard InChI is InChI=1S/C24H22FN5O/c25-18-8-6-17(7-9-18)22-23(28-15-27-22)21-14-20(16-10-12-26-13-11-16)29-24(30-21)31-19-4-2-1-3-5-19/h1-9,14-16,26H,10-13H2,(H,27,28). The molecule has 1 aliphatic rings. The minimum Gasteiger partial charge on any atom is -0.424 e. The number of piperidine rings is 1. The number of aromatic amines is 1. The van der Waals surface area contributed by atoms with E-state index in [1.807, 2.05) is 36.4 Å². The van der Waals surface area contributed by atoms with Crippen molar-refractivity contribution in [3.63, 3.8) is 0 Å². The molecule has 0 atom stereocenters. The zero-order chi connectivity index (χ0) is 21.0. The van der Waals surface area contributed by atoms with E-state index < -0.39 is 0 Å². The molecular formula is C24H22FN5O. The van der Waals surface area contributed by atoms with E-state index in [1.165, 1.54) is 12.1 Å². The SMILES string of the molecule is Fc1ccc(-c2nc[nH]c2-c2cc(C3CCNCC3)nc(Oc3ccccc3)n2)cc1. The van der Waals surface area contributed by atoms with E-state index in [1.54, 1.807) is 18.5 Å². The molecule has 0 spiro atoms. The van der Waals surface area contributed by atoms with Gasteiger partial charge in [-0.3, -0.25) is 0 Å². The number of nitrogens with one attached hydrogen (secondary N) is 2. The maximum atomic E-state index is 13.4. The zero-order valence-electron chi connectivity index (χ0n) is 16.9. The second kappa shape index (κ2) is 8.65. The molecule has 0 unspecified atom stereocenters. The summed E-state index contributed by atoms with van der Waals surface area (Å²) in [7, 11) is 0. The molecule has 0 radical (unpaired) electrons. The van der Waals surface area contributed by atoms with Crippen LogP contribution in [0, 0.1) is 5.82 Å². The molecule has 1 aliphatic heterocycles. The van der Waals surface area contributed by atoms with Crippen molar-refractivity contribution in [1.29, 1.82) is 0 Å². The van der Waals surface area contributed by atoms with Gasteiger partial charge in [-0.2, -0.15) is 9.97 Å². The smallest absolute Gasteiger partial charge is 0.322 e. The van der Waals surface area contributed by atoms with Gasteiger partial charge in [0.2, 0.25) is 0 Å². The Morgan fingerprint density at radius 3 is 2.48 bits per heavy atom. The number of H-pyrrole nitrogens is 1. The molecule has 2 N–H and O–H groups in total. The average Bonchev–Trinajstić information content (AvgIpc) is 3.31. The summed E-state index contributed by atoms with van der Waals surface area (Å²) in [5.41, 5.74) is 3.93. The Kier molecular flexibility index (Phi) is 5.41. The lowest BCUT2D eigenvalue weighted by molar-refractivity contribution is 0.421. The maximum absolute atomic E-state index is 13.4. The summed E-state index contributed by atoms with van der Waals surface area (Å²) in [6.45, 7) is 1.92. The van der Waals surface area contributed by atoms with Gasteiger partial charge < -0.3 is 15.0 Å². The second-order valence-electron chi connectivity index (χ2n) is 7.53. The third-order valence-electron chi connectivity index (χ3n) is 5.45. The van der Waals surface area contributed by atoms with Crippen LogP contribution in [0.5, 0.6) is 11.8 Å². The Labute approximate surface area is 179 Å². The number of hydrogen-bond acceptors (Lipinski definition) is 5. The summed E-state index contributed by atoms with van der Waals surface area (Å²) in [5.74, 6) is 0.729. The molecule has 0 saturated carbocycles. The average molecular weight is 415 g/mol. The van der Waals surface area contributed by atoms with Crippen molar-refractivity contribution in [3.8, 4) is 34.4 Å². The van der Waals surface area contributed by atoms with Crippen LogP contribution in [-0.2, 0) is 0 Å². The lowest BCUT2D eigenvalue weighted by Gasteiger charge is -2.22. The number of para-hydroxylation sites is 1. The molecule has 2 aromatic carbocycles. The number of imidazole rings is 1. The van der Waals surface area contributed by atoms with Gasteiger partial charge in [-0.15, -0.1) is 0 Å². The highest BCUT2D eigenvalue weighted by Crippen LogP contribution is 2.33. The quantitative estimate of drug-likeness (QED) is 0.483. The summed E-state index contributed by atoms with van der Waals surface area (Å²) in [4.78, 5) is 17.1. The molecule has 7 heteroatoms. The predicted octanol–water partition coefficient (Wildman–Crippen LogP) is 4.93. The lowest BCUT2D eigenvalue weighted by atomic mass is 9.93. The molecule has 31 heavy (non-hydrogen) atoms. The van der Waals surface area contributed by atoms with E-state index in [-0.39, 0.29) is 5.82 Å². The summed E-state index contributed by atoms with van der Waals surface area (Å²) in [6, 6.07) is 18.1. The number of hydrogen-bond donors (Lipinski definition) is 2. The topological polar surface area (TPSA) is 75.7 Å². The van der Waals surface area contributed by atoms with Crippen LogP contribution >= 0.6 is 0 Å². The van der Waals surface area contributed by atoms with E-state index in [0.29, 0.717) is 29.1 Å². The first kappa shape index (κ1) is 19.4. The summed E-state index contributed by atoms with van der Waals surface area (Å²) in [6.07, 6.45) is 3.64. The van der Waals surface area contributed by atoms with E-state index in [9.17, 15) is 4.39 Å². The van der Waals surface area contributed by atoms with Crippen LogP contribution in [0.1, 0.15) is 24.5 Å². The Balaban J connectivity index is 1.57. The van der Waals surface area contributed by atoms with Gasteiger partial charge in [0.1, 0.15) is 11.6 Å². The summed E-state index contributed by atoms with van der Waals surface area (Å²) < 4.78 is 19.4. The lowest BCUT2D eigenvalue weighted by Crippen LogP contribution is -2.27. The Hall–Kier alpha value is -3.58. The molecule has 1 saturated heterocycles. The van der Waals surface area contributed by atoms with Gasteiger partial charge >= 0.3 is 6.01 Å². The normalized spacial score (nSPS) is 14.5. The number of aromatic nitrogens is 4. The third kappa shape index (κ3) is 4.32. The minimum absolute atomic E-state index is 0.283. The minimum atomic E-state index is -0.283. The van der Waals surface area contributed by atoms with Gasteiger partial charge in [0.25, 0.3) is 0 Å². The van der Waals surface area contributed by atoms with Crippen molar-refractivity contribution >= 4 is 0 Å². The van der Waals surface area contributed by atoms with Crippen molar-refractivity contribution in [2.75, 3.05) is 13.1 Å². The van der Waals surface area contributed by atoms with Crippen LogP contribution in [0.4, 0.5) is 4.39 Å². The van der Waals surface area contributed by atoms with Crippen molar-refractivity contribution in [2.24, 2.45) is 0 Å². The van der Waals surface area contributed by atoms with Gasteiger partial charge in [-0.05, 0) is 68.4 Å². The van der Waals surface area contributed by atoms with E-state index in [2.05, 4.69) is 20.3 Å². The van der Waals surface area contributed by atoms with Gasteiger partial charge in [0.05, 0.1) is 29.1 Å². The molecule has 1 fully saturated rings. The fourth-order valence-corrected chi connectivity index (χ4v) is 3.85.